The van der Waals surface area contributed by atoms with Gasteiger partial charge >= 0.3 is 0 Å². The van der Waals surface area contributed by atoms with E-state index in [0.717, 1.165) is 0 Å². The molecule has 3 rings (SSSR count). The van der Waals surface area contributed by atoms with Gasteiger partial charge in [-0.2, -0.15) is 0 Å². The van der Waals surface area contributed by atoms with E-state index in [-0.39, 0.29) is 38.3 Å². The van der Waals surface area contributed by atoms with Crippen LogP contribution in [0.1, 0.15) is 12.8 Å². The number of nitrogens with zero attached hydrogens (tertiary/aromatic N) is 1. The lowest BCUT2D eigenvalue weighted by molar-refractivity contribution is -0.122. The van der Waals surface area contributed by atoms with Crippen LogP contribution in [-0.4, -0.2) is 21.5 Å². The summed E-state index contributed by atoms with van der Waals surface area (Å²) in [6.07, 6.45) is 1.28. The van der Waals surface area contributed by atoms with Crippen molar-refractivity contribution in [3.63, 3.8) is 0 Å². The Morgan fingerprint density at radius 2 is 1.52 bits per heavy atom. The number of alkyl halides is 2. The molecule has 0 aromatic heterocycles. The number of anilines is 1. The quantitative estimate of drug-likeness (QED) is 0.464. The van der Waals surface area contributed by atoms with Gasteiger partial charge in [0.15, 0.2) is 0 Å². The highest BCUT2D eigenvalue weighted by Crippen LogP contribution is 2.46. The second-order valence-electron chi connectivity index (χ2n) is 5.30. The van der Waals surface area contributed by atoms with Gasteiger partial charge in [0.05, 0.1) is 27.6 Å². The fraction of sp³-hybridized carbons (Fsp3) is 0.429. The fourth-order valence-corrected chi connectivity index (χ4v) is 4.61. The first-order valence-corrected chi connectivity index (χ1v) is 9.10. The van der Waals surface area contributed by atoms with Crippen molar-refractivity contribution in [1.29, 1.82) is 0 Å². The van der Waals surface area contributed by atoms with Gasteiger partial charge in [-0.05, 0) is 25.0 Å². The van der Waals surface area contributed by atoms with Crippen molar-refractivity contribution in [2.75, 3.05) is 4.90 Å². The summed E-state index contributed by atoms with van der Waals surface area (Å²) >= 11 is 19.3. The summed E-state index contributed by atoms with van der Waals surface area (Å²) in [4.78, 5) is 26.8. The van der Waals surface area contributed by atoms with E-state index in [0.29, 0.717) is 23.6 Å². The van der Waals surface area contributed by atoms with E-state index >= 15 is 0 Å². The van der Waals surface area contributed by atoms with E-state index in [4.69, 9.17) is 23.2 Å². The highest BCUT2D eigenvalue weighted by atomic mass is 79.9. The molecule has 21 heavy (non-hydrogen) atoms. The molecule has 7 heteroatoms. The summed E-state index contributed by atoms with van der Waals surface area (Å²) in [6, 6.07) is 4.97. The molecule has 0 N–H and O–H groups in total. The standard InChI is InChI=1S/C14H11Br2Cl2NO2/c15-8-4-6-7(5-9(8)16)14(21)19(13(6)20)11-3-1-2-10(17)12(11)18/h1-3,6-9H,4-5H2/t6-,7-,8-,9+/m0/s1. The highest BCUT2D eigenvalue weighted by molar-refractivity contribution is 9.12. The third-order valence-corrected chi connectivity index (χ3v) is 7.63. The lowest BCUT2D eigenvalue weighted by Gasteiger charge is -2.29. The van der Waals surface area contributed by atoms with Gasteiger partial charge in [-0.25, -0.2) is 4.90 Å². The number of hydrogen-bond acceptors (Lipinski definition) is 2. The molecule has 2 fully saturated rings. The zero-order valence-corrected chi connectivity index (χ0v) is 15.4. The molecule has 1 saturated carbocycles. The molecule has 0 radical (unpaired) electrons. The number of fused-ring (bicyclic) bond motifs is 1. The molecule has 2 aliphatic rings. The monoisotopic (exact) mass is 453 g/mol. The molecule has 4 atom stereocenters. The molecule has 1 saturated heterocycles. The van der Waals surface area contributed by atoms with Crippen LogP contribution in [0.25, 0.3) is 0 Å². The number of benzene rings is 1. The molecule has 2 amide bonds. The van der Waals surface area contributed by atoms with Crippen LogP contribution in [0.5, 0.6) is 0 Å². The third-order valence-electron chi connectivity index (χ3n) is 4.08. The minimum atomic E-state index is -0.286. The second kappa shape index (κ2) is 5.84. The predicted octanol–water partition coefficient (Wildman–Crippen LogP) is 4.42. The van der Waals surface area contributed by atoms with Crippen LogP contribution in [0.2, 0.25) is 10.0 Å². The van der Waals surface area contributed by atoms with Gasteiger partial charge in [0.1, 0.15) is 0 Å². The maximum absolute atomic E-state index is 12.6. The van der Waals surface area contributed by atoms with Crippen LogP contribution in [0.3, 0.4) is 0 Å². The first kappa shape index (κ1) is 15.8. The summed E-state index contributed by atoms with van der Waals surface area (Å²) in [6.45, 7) is 0. The number of amides is 2. The molecular weight excluding hydrogens is 445 g/mol. The number of imide groups is 1. The number of carbonyl (C=O) groups excluding carboxylic acids is 2. The van der Waals surface area contributed by atoms with Crippen molar-refractivity contribution in [3.05, 3.63) is 28.2 Å². The number of halogens is 4. The maximum Gasteiger partial charge on any atom is 0.237 e. The van der Waals surface area contributed by atoms with Crippen molar-refractivity contribution in [1.82, 2.24) is 0 Å². The molecule has 0 unspecified atom stereocenters. The predicted molar refractivity (Wildman–Crippen MR) is 90.6 cm³/mol. The summed E-state index contributed by atoms with van der Waals surface area (Å²) in [5.41, 5.74) is 0.380. The second-order valence-corrected chi connectivity index (χ2v) is 8.44. The van der Waals surface area contributed by atoms with E-state index in [1.54, 1.807) is 18.2 Å². The van der Waals surface area contributed by atoms with Crippen molar-refractivity contribution in [3.8, 4) is 0 Å². The molecule has 112 valence electrons. The third kappa shape index (κ3) is 2.56. The number of hydrogen-bond donors (Lipinski definition) is 0. The lowest BCUT2D eigenvalue weighted by atomic mass is 9.81. The lowest BCUT2D eigenvalue weighted by Crippen LogP contribution is -2.34. The molecule has 1 heterocycles. The number of carbonyl (C=O) groups is 2. The summed E-state index contributed by atoms with van der Waals surface area (Å²) < 4.78 is 0. The molecule has 0 spiro atoms. The minimum absolute atomic E-state index is 0.182. The van der Waals surface area contributed by atoms with Crippen molar-refractivity contribution in [2.45, 2.75) is 22.5 Å². The Morgan fingerprint density at radius 1 is 1.00 bits per heavy atom. The van der Waals surface area contributed by atoms with Crippen molar-refractivity contribution >= 4 is 72.6 Å². The van der Waals surface area contributed by atoms with Gasteiger partial charge in [0, 0.05) is 9.65 Å². The first-order valence-electron chi connectivity index (χ1n) is 6.51. The Labute approximate surface area is 149 Å². The van der Waals surface area contributed by atoms with Crippen LogP contribution >= 0.6 is 55.1 Å². The summed E-state index contributed by atoms with van der Waals surface area (Å²) in [5.74, 6) is -0.938. The number of rotatable bonds is 1. The van der Waals surface area contributed by atoms with Gasteiger partial charge < -0.3 is 0 Å². The van der Waals surface area contributed by atoms with Gasteiger partial charge in [0.2, 0.25) is 11.8 Å². The summed E-state index contributed by atoms with van der Waals surface area (Å²) in [7, 11) is 0. The fourth-order valence-electron chi connectivity index (χ4n) is 3.00. The molecule has 1 aromatic rings. The highest BCUT2D eigenvalue weighted by Gasteiger charge is 2.52. The Kier molecular flexibility index (Phi) is 4.39. The SMILES string of the molecule is O=C1[C@H]2C[C@@H](Br)[C@@H](Br)C[C@@H]2C(=O)N1c1cccc(Cl)c1Cl. The Balaban J connectivity index is 2.00. The van der Waals surface area contributed by atoms with Crippen molar-refractivity contribution < 1.29 is 9.59 Å². The van der Waals surface area contributed by atoms with Crippen molar-refractivity contribution in [2.24, 2.45) is 11.8 Å². The molecule has 3 nitrogen and oxygen atoms in total. The molecule has 1 aromatic carbocycles. The Hall–Kier alpha value is -0.100. The normalized spacial score (nSPS) is 32.5. The Bertz CT molecular complexity index is 597. The van der Waals surface area contributed by atoms with Crippen LogP contribution in [0.4, 0.5) is 5.69 Å². The van der Waals surface area contributed by atoms with E-state index in [1.807, 2.05) is 0 Å². The van der Waals surface area contributed by atoms with E-state index in [1.165, 1.54) is 4.90 Å². The van der Waals surface area contributed by atoms with E-state index < -0.39 is 0 Å². The molecule has 1 aliphatic carbocycles. The topological polar surface area (TPSA) is 37.4 Å². The molecule has 1 aliphatic heterocycles. The van der Waals surface area contributed by atoms with Crippen LogP contribution in [0, 0.1) is 11.8 Å². The summed E-state index contributed by atoms with van der Waals surface area (Å²) in [5, 5.41) is 0.576. The maximum atomic E-state index is 12.6. The van der Waals surface area contributed by atoms with Gasteiger partial charge in [-0.15, -0.1) is 0 Å². The largest absolute Gasteiger partial charge is 0.274 e. The zero-order valence-electron chi connectivity index (χ0n) is 10.7. The smallest absolute Gasteiger partial charge is 0.237 e. The Morgan fingerprint density at radius 3 is 2.05 bits per heavy atom. The van der Waals surface area contributed by atoms with Gasteiger partial charge in [-0.3, -0.25) is 9.59 Å². The molecule has 0 bridgehead atoms. The average Bonchev–Trinajstić information content (AvgIpc) is 2.67. The van der Waals surface area contributed by atoms with Crippen LogP contribution in [0.15, 0.2) is 18.2 Å². The first-order chi connectivity index (χ1) is 9.91. The van der Waals surface area contributed by atoms with Gasteiger partial charge in [0.25, 0.3) is 0 Å². The molecular formula is C14H11Br2Cl2NO2. The van der Waals surface area contributed by atoms with E-state index in [2.05, 4.69) is 31.9 Å². The average molecular weight is 456 g/mol. The van der Waals surface area contributed by atoms with E-state index in [9.17, 15) is 9.59 Å². The minimum Gasteiger partial charge on any atom is -0.274 e. The van der Waals surface area contributed by atoms with Gasteiger partial charge in [-0.1, -0.05) is 61.1 Å². The zero-order chi connectivity index (χ0) is 15.3. The van der Waals surface area contributed by atoms with Crippen LogP contribution in [-0.2, 0) is 9.59 Å². The van der Waals surface area contributed by atoms with Crippen LogP contribution < -0.4 is 4.90 Å².